The SMILES string of the molecule is CCCNc1cc(NCCOCCOC)nc(C)n1. The van der Waals surface area contributed by atoms with Gasteiger partial charge in [-0.25, -0.2) is 9.97 Å². The molecular formula is C13H24N4O2. The van der Waals surface area contributed by atoms with Crippen LogP contribution in [0.5, 0.6) is 0 Å². The van der Waals surface area contributed by atoms with Crippen molar-refractivity contribution in [3.63, 3.8) is 0 Å². The smallest absolute Gasteiger partial charge is 0.131 e. The number of methoxy groups -OCH3 is 1. The van der Waals surface area contributed by atoms with E-state index in [2.05, 4.69) is 27.5 Å². The maximum atomic E-state index is 5.37. The second-order valence-corrected chi connectivity index (χ2v) is 4.14. The fourth-order valence-electron chi connectivity index (χ4n) is 1.50. The van der Waals surface area contributed by atoms with Crippen molar-refractivity contribution in [1.29, 1.82) is 0 Å². The molecule has 19 heavy (non-hydrogen) atoms. The summed E-state index contributed by atoms with van der Waals surface area (Å²) in [5.74, 6) is 2.43. The van der Waals surface area contributed by atoms with Crippen LogP contribution in [0, 0.1) is 6.92 Å². The summed E-state index contributed by atoms with van der Waals surface area (Å²) in [6.07, 6.45) is 1.07. The Labute approximate surface area is 114 Å². The van der Waals surface area contributed by atoms with Gasteiger partial charge in [0.05, 0.1) is 19.8 Å². The topological polar surface area (TPSA) is 68.3 Å². The van der Waals surface area contributed by atoms with Crippen molar-refractivity contribution < 1.29 is 9.47 Å². The van der Waals surface area contributed by atoms with E-state index in [0.717, 1.165) is 30.4 Å². The Bertz CT molecular complexity index is 360. The third kappa shape index (κ3) is 6.93. The van der Waals surface area contributed by atoms with Gasteiger partial charge in [0.15, 0.2) is 0 Å². The van der Waals surface area contributed by atoms with Crippen molar-refractivity contribution in [2.75, 3.05) is 50.7 Å². The van der Waals surface area contributed by atoms with E-state index >= 15 is 0 Å². The number of hydrogen-bond acceptors (Lipinski definition) is 6. The van der Waals surface area contributed by atoms with E-state index in [4.69, 9.17) is 9.47 Å². The van der Waals surface area contributed by atoms with E-state index in [1.165, 1.54) is 0 Å². The number of aryl methyl sites for hydroxylation is 1. The van der Waals surface area contributed by atoms with Crippen LogP contribution in [0.25, 0.3) is 0 Å². The quantitative estimate of drug-likeness (QED) is 0.629. The lowest BCUT2D eigenvalue weighted by atomic mass is 10.4. The Morgan fingerprint density at radius 2 is 1.74 bits per heavy atom. The van der Waals surface area contributed by atoms with E-state index in [1.54, 1.807) is 7.11 Å². The molecule has 6 nitrogen and oxygen atoms in total. The summed E-state index contributed by atoms with van der Waals surface area (Å²) < 4.78 is 10.3. The van der Waals surface area contributed by atoms with Crippen molar-refractivity contribution in [3.8, 4) is 0 Å². The summed E-state index contributed by atoms with van der Waals surface area (Å²) in [5, 5.41) is 6.48. The number of anilines is 2. The molecular weight excluding hydrogens is 244 g/mol. The molecule has 0 amide bonds. The molecule has 1 aromatic heterocycles. The molecule has 0 saturated heterocycles. The molecule has 1 rings (SSSR count). The van der Waals surface area contributed by atoms with Crippen molar-refractivity contribution >= 4 is 11.6 Å². The highest BCUT2D eigenvalue weighted by Crippen LogP contribution is 2.10. The molecule has 0 unspecified atom stereocenters. The van der Waals surface area contributed by atoms with E-state index in [-0.39, 0.29) is 0 Å². The van der Waals surface area contributed by atoms with Crippen LogP contribution < -0.4 is 10.6 Å². The minimum Gasteiger partial charge on any atom is -0.382 e. The first-order chi connectivity index (χ1) is 9.26. The molecule has 0 radical (unpaired) electrons. The highest BCUT2D eigenvalue weighted by Gasteiger charge is 2.00. The standard InChI is InChI=1S/C13H24N4O2/c1-4-5-14-12-10-13(17-11(2)16-12)15-6-7-19-9-8-18-3/h10H,4-9H2,1-3H3,(H2,14,15,16,17). The number of hydrogen-bond donors (Lipinski definition) is 2. The van der Waals surface area contributed by atoms with Crippen LogP contribution in [0.15, 0.2) is 6.07 Å². The van der Waals surface area contributed by atoms with Gasteiger partial charge in [-0.3, -0.25) is 0 Å². The molecule has 108 valence electrons. The Morgan fingerprint density at radius 1 is 1.05 bits per heavy atom. The molecule has 0 saturated carbocycles. The largest absolute Gasteiger partial charge is 0.382 e. The van der Waals surface area contributed by atoms with Gasteiger partial charge in [0.2, 0.25) is 0 Å². The first kappa shape index (κ1) is 15.7. The maximum absolute atomic E-state index is 5.37. The van der Waals surface area contributed by atoms with Crippen LogP contribution in [0.2, 0.25) is 0 Å². The number of nitrogens with one attached hydrogen (secondary N) is 2. The van der Waals surface area contributed by atoms with Gasteiger partial charge in [0, 0.05) is 26.3 Å². The summed E-state index contributed by atoms with van der Waals surface area (Å²) in [6, 6.07) is 1.91. The molecule has 0 fully saturated rings. The number of aromatic nitrogens is 2. The fraction of sp³-hybridized carbons (Fsp3) is 0.692. The van der Waals surface area contributed by atoms with Crippen molar-refractivity contribution in [3.05, 3.63) is 11.9 Å². The molecule has 0 atom stereocenters. The fourth-order valence-corrected chi connectivity index (χ4v) is 1.50. The first-order valence-corrected chi connectivity index (χ1v) is 6.66. The second kappa shape index (κ2) is 9.52. The lowest BCUT2D eigenvalue weighted by Gasteiger charge is -2.10. The summed E-state index contributed by atoms with van der Waals surface area (Å²) in [7, 11) is 1.66. The summed E-state index contributed by atoms with van der Waals surface area (Å²) in [6.45, 7) is 7.50. The predicted octanol–water partition coefficient (Wildman–Crippen LogP) is 1.68. The van der Waals surface area contributed by atoms with E-state index in [0.29, 0.717) is 26.4 Å². The summed E-state index contributed by atoms with van der Waals surface area (Å²) >= 11 is 0. The molecule has 0 spiro atoms. The minimum atomic E-state index is 0.615. The van der Waals surface area contributed by atoms with Crippen LogP contribution in [-0.2, 0) is 9.47 Å². The molecule has 2 N–H and O–H groups in total. The molecule has 1 heterocycles. The van der Waals surface area contributed by atoms with Gasteiger partial charge in [0.25, 0.3) is 0 Å². The second-order valence-electron chi connectivity index (χ2n) is 4.14. The van der Waals surface area contributed by atoms with Crippen LogP contribution in [0.1, 0.15) is 19.2 Å². The van der Waals surface area contributed by atoms with Crippen LogP contribution in [0.4, 0.5) is 11.6 Å². The van der Waals surface area contributed by atoms with Crippen molar-refractivity contribution in [2.24, 2.45) is 0 Å². The zero-order valence-electron chi connectivity index (χ0n) is 12.0. The van der Waals surface area contributed by atoms with E-state index < -0.39 is 0 Å². The van der Waals surface area contributed by atoms with Crippen LogP contribution >= 0.6 is 0 Å². The zero-order valence-corrected chi connectivity index (χ0v) is 12.0. The number of nitrogens with zero attached hydrogens (tertiary/aromatic N) is 2. The third-order valence-corrected chi connectivity index (χ3v) is 2.38. The summed E-state index contributed by atoms with van der Waals surface area (Å²) in [4.78, 5) is 8.66. The molecule has 0 aliphatic heterocycles. The summed E-state index contributed by atoms with van der Waals surface area (Å²) in [5.41, 5.74) is 0. The lowest BCUT2D eigenvalue weighted by Crippen LogP contribution is -2.13. The lowest BCUT2D eigenvalue weighted by molar-refractivity contribution is 0.0759. The number of ether oxygens (including phenoxy) is 2. The highest BCUT2D eigenvalue weighted by molar-refractivity contribution is 5.47. The molecule has 0 aliphatic rings. The average molecular weight is 268 g/mol. The van der Waals surface area contributed by atoms with Gasteiger partial charge in [-0.2, -0.15) is 0 Å². The maximum Gasteiger partial charge on any atom is 0.131 e. The molecule has 0 aliphatic carbocycles. The van der Waals surface area contributed by atoms with Gasteiger partial charge in [0.1, 0.15) is 17.5 Å². The molecule has 6 heteroatoms. The Hall–Kier alpha value is -1.40. The zero-order chi connectivity index (χ0) is 13.9. The highest BCUT2D eigenvalue weighted by atomic mass is 16.5. The molecule has 0 aromatic carbocycles. The van der Waals surface area contributed by atoms with Gasteiger partial charge in [-0.1, -0.05) is 6.92 Å². The molecule has 0 bridgehead atoms. The van der Waals surface area contributed by atoms with E-state index in [1.807, 2.05) is 13.0 Å². The number of rotatable bonds is 10. The Morgan fingerprint density at radius 3 is 2.37 bits per heavy atom. The van der Waals surface area contributed by atoms with Gasteiger partial charge < -0.3 is 20.1 Å². The monoisotopic (exact) mass is 268 g/mol. The van der Waals surface area contributed by atoms with E-state index in [9.17, 15) is 0 Å². The predicted molar refractivity (Wildman–Crippen MR) is 76.7 cm³/mol. The average Bonchev–Trinajstić information content (AvgIpc) is 2.40. The van der Waals surface area contributed by atoms with Crippen molar-refractivity contribution in [2.45, 2.75) is 20.3 Å². The Balaban J connectivity index is 2.34. The first-order valence-electron chi connectivity index (χ1n) is 6.66. The third-order valence-electron chi connectivity index (χ3n) is 2.38. The molecule has 1 aromatic rings. The van der Waals surface area contributed by atoms with Gasteiger partial charge in [-0.15, -0.1) is 0 Å². The Kier molecular flexibility index (Phi) is 7.84. The van der Waals surface area contributed by atoms with Crippen molar-refractivity contribution in [1.82, 2.24) is 9.97 Å². The van der Waals surface area contributed by atoms with Crippen LogP contribution in [-0.4, -0.2) is 50.0 Å². The minimum absolute atomic E-state index is 0.615. The van der Waals surface area contributed by atoms with Gasteiger partial charge >= 0.3 is 0 Å². The van der Waals surface area contributed by atoms with Crippen LogP contribution in [0.3, 0.4) is 0 Å². The van der Waals surface area contributed by atoms with Gasteiger partial charge in [-0.05, 0) is 13.3 Å². The normalized spacial score (nSPS) is 10.5.